The number of nitrogens with one attached hydrogen (secondary N) is 1. The molecule has 0 radical (unpaired) electrons. The van der Waals surface area contributed by atoms with E-state index in [2.05, 4.69) is 10.4 Å². The lowest BCUT2D eigenvalue weighted by Crippen LogP contribution is -2.19. The molecule has 21 heavy (non-hydrogen) atoms. The van der Waals surface area contributed by atoms with E-state index in [1.807, 2.05) is 49.0 Å². The highest BCUT2D eigenvalue weighted by molar-refractivity contribution is 5.92. The van der Waals surface area contributed by atoms with Crippen molar-refractivity contribution in [3.8, 4) is 0 Å². The maximum absolute atomic E-state index is 12.3. The van der Waals surface area contributed by atoms with Gasteiger partial charge in [-0.1, -0.05) is 24.3 Å². The number of anilines is 1. The summed E-state index contributed by atoms with van der Waals surface area (Å²) in [5.41, 5.74) is 3.24. The lowest BCUT2D eigenvalue weighted by molar-refractivity contribution is -0.115. The van der Waals surface area contributed by atoms with Gasteiger partial charge in [0, 0.05) is 12.1 Å². The zero-order chi connectivity index (χ0) is 14.8. The average molecular weight is 283 g/mol. The van der Waals surface area contributed by atoms with Crippen LogP contribution in [0.5, 0.6) is 0 Å². The first kappa shape index (κ1) is 13.9. The Morgan fingerprint density at radius 1 is 1.29 bits per heavy atom. The predicted octanol–water partition coefficient (Wildman–Crippen LogP) is 3.09. The molecule has 110 valence electrons. The molecule has 0 bridgehead atoms. The highest BCUT2D eigenvalue weighted by Crippen LogP contribution is 2.31. The van der Waals surface area contributed by atoms with Crippen molar-refractivity contribution in [1.82, 2.24) is 9.78 Å². The molecule has 0 aliphatic heterocycles. The van der Waals surface area contributed by atoms with E-state index >= 15 is 0 Å². The van der Waals surface area contributed by atoms with Gasteiger partial charge >= 0.3 is 0 Å². The minimum absolute atomic E-state index is 0.0185. The third kappa shape index (κ3) is 3.32. The number of hydrogen-bond acceptors (Lipinski definition) is 2. The Morgan fingerprint density at radius 2 is 2.05 bits per heavy atom. The minimum atomic E-state index is 0.0185. The van der Waals surface area contributed by atoms with Gasteiger partial charge in [-0.05, 0) is 43.7 Å². The molecule has 0 atom stereocenters. The van der Waals surface area contributed by atoms with Crippen molar-refractivity contribution in [1.29, 1.82) is 0 Å². The lowest BCUT2D eigenvalue weighted by atomic mass is 10.1. The van der Waals surface area contributed by atoms with E-state index in [1.54, 1.807) is 0 Å². The molecule has 1 aliphatic rings. The van der Waals surface area contributed by atoms with Crippen molar-refractivity contribution in [2.75, 3.05) is 5.32 Å². The van der Waals surface area contributed by atoms with E-state index in [0.29, 0.717) is 6.42 Å². The Morgan fingerprint density at radius 3 is 2.76 bits per heavy atom. The van der Waals surface area contributed by atoms with E-state index in [4.69, 9.17) is 0 Å². The van der Waals surface area contributed by atoms with Crippen LogP contribution in [-0.2, 0) is 17.8 Å². The molecule has 0 saturated heterocycles. The summed E-state index contributed by atoms with van der Waals surface area (Å²) in [7, 11) is 0. The van der Waals surface area contributed by atoms with Crippen LogP contribution in [-0.4, -0.2) is 15.7 Å². The largest absolute Gasteiger partial charge is 0.310 e. The van der Waals surface area contributed by atoms with Crippen molar-refractivity contribution >= 4 is 11.7 Å². The fourth-order valence-electron chi connectivity index (χ4n) is 2.48. The van der Waals surface area contributed by atoms with Gasteiger partial charge in [-0.2, -0.15) is 5.10 Å². The molecule has 4 nitrogen and oxygen atoms in total. The van der Waals surface area contributed by atoms with Gasteiger partial charge in [0.05, 0.1) is 12.6 Å². The second-order valence-electron chi connectivity index (χ2n) is 5.95. The number of aromatic nitrogens is 2. The Hall–Kier alpha value is -2.10. The highest BCUT2D eigenvalue weighted by atomic mass is 16.1. The van der Waals surface area contributed by atoms with Gasteiger partial charge in [0.1, 0.15) is 5.82 Å². The third-order valence-corrected chi connectivity index (χ3v) is 4.02. The smallest absolute Gasteiger partial charge is 0.229 e. The number of benzene rings is 1. The number of carbonyl (C=O) groups is 1. The first-order valence-electron chi connectivity index (χ1n) is 7.50. The predicted molar refractivity (Wildman–Crippen MR) is 83.2 cm³/mol. The van der Waals surface area contributed by atoms with Crippen molar-refractivity contribution in [2.45, 2.75) is 39.7 Å². The number of rotatable bonds is 5. The molecule has 1 aromatic heterocycles. The second kappa shape index (κ2) is 5.72. The molecule has 1 N–H and O–H groups in total. The number of aryl methyl sites for hydroxylation is 2. The Balaban J connectivity index is 1.69. The van der Waals surface area contributed by atoms with Gasteiger partial charge in [0.15, 0.2) is 0 Å². The molecule has 1 heterocycles. The third-order valence-electron chi connectivity index (χ3n) is 4.02. The summed E-state index contributed by atoms with van der Waals surface area (Å²) >= 11 is 0. The van der Waals surface area contributed by atoms with E-state index in [0.717, 1.165) is 35.0 Å². The first-order chi connectivity index (χ1) is 10.1. The average Bonchev–Trinajstić information content (AvgIpc) is 3.21. The van der Waals surface area contributed by atoms with Crippen LogP contribution < -0.4 is 5.32 Å². The lowest BCUT2D eigenvalue weighted by Gasteiger charge is -2.11. The van der Waals surface area contributed by atoms with Crippen LogP contribution in [0.15, 0.2) is 30.5 Å². The van der Waals surface area contributed by atoms with Gasteiger partial charge in [0.25, 0.3) is 0 Å². The summed E-state index contributed by atoms with van der Waals surface area (Å²) in [6, 6.07) is 8.00. The molecule has 3 rings (SSSR count). The summed E-state index contributed by atoms with van der Waals surface area (Å²) in [5.74, 6) is 1.60. The molecule has 1 aromatic carbocycles. The normalized spacial score (nSPS) is 14.2. The van der Waals surface area contributed by atoms with Crippen LogP contribution in [0.4, 0.5) is 5.82 Å². The maximum atomic E-state index is 12.3. The molecular weight excluding hydrogens is 262 g/mol. The molecule has 4 heteroatoms. The number of amides is 1. The van der Waals surface area contributed by atoms with Crippen LogP contribution in [0, 0.1) is 19.8 Å². The standard InChI is InChI=1S/C17H21N3O/c1-12-5-3-4-6-15(12)9-16(21)19-17-13(2)10-18-20(17)11-14-7-8-14/h3-6,10,14H,7-9,11H2,1-2H3,(H,19,21). The molecule has 0 spiro atoms. The SMILES string of the molecule is Cc1ccccc1CC(=O)Nc1c(C)cnn1CC1CC1. The number of carbonyl (C=O) groups excluding carboxylic acids is 1. The molecule has 1 amide bonds. The summed E-state index contributed by atoms with van der Waals surface area (Å²) in [6.45, 7) is 4.93. The molecule has 1 fully saturated rings. The van der Waals surface area contributed by atoms with Gasteiger partial charge in [-0.15, -0.1) is 0 Å². The van der Waals surface area contributed by atoms with Crippen molar-refractivity contribution < 1.29 is 4.79 Å². The zero-order valence-electron chi connectivity index (χ0n) is 12.6. The Labute approximate surface area is 125 Å². The van der Waals surface area contributed by atoms with E-state index in [1.165, 1.54) is 12.8 Å². The maximum Gasteiger partial charge on any atom is 0.229 e. The fourth-order valence-corrected chi connectivity index (χ4v) is 2.48. The van der Waals surface area contributed by atoms with E-state index in [-0.39, 0.29) is 5.91 Å². The number of nitrogens with zero attached hydrogens (tertiary/aromatic N) is 2. The quantitative estimate of drug-likeness (QED) is 0.916. The highest BCUT2D eigenvalue weighted by Gasteiger charge is 2.24. The molecule has 1 aliphatic carbocycles. The van der Waals surface area contributed by atoms with Crippen molar-refractivity contribution in [3.05, 3.63) is 47.2 Å². The van der Waals surface area contributed by atoms with Gasteiger partial charge in [-0.25, -0.2) is 4.68 Å². The molecule has 1 saturated carbocycles. The summed E-state index contributed by atoms with van der Waals surface area (Å²) in [6.07, 6.45) is 4.78. The van der Waals surface area contributed by atoms with Crippen LogP contribution in [0.1, 0.15) is 29.5 Å². The van der Waals surface area contributed by atoms with E-state index in [9.17, 15) is 4.79 Å². The van der Waals surface area contributed by atoms with Gasteiger partial charge in [-0.3, -0.25) is 4.79 Å². The van der Waals surface area contributed by atoms with Crippen molar-refractivity contribution in [3.63, 3.8) is 0 Å². The van der Waals surface area contributed by atoms with Crippen LogP contribution >= 0.6 is 0 Å². The fraction of sp³-hybridized carbons (Fsp3) is 0.412. The van der Waals surface area contributed by atoms with Gasteiger partial charge < -0.3 is 5.32 Å². The summed E-state index contributed by atoms with van der Waals surface area (Å²) < 4.78 is 1.93. The van der Waals surface area contributed by atoms with Crippen LogP contribution in [0.2, 0.25) is 0 Å². The first-order valence-corrected chi connectivity index (χ1v) is 7.50. The van der Waals surface area contributed by atoms with Crippen LogP contribution in [0.25, 0.3) is 0 Å². The topological polar surface area (TPSA) is 46.9 Å². The molecule has 2 aromatic rings. The second-order valence-corrected chi connectivity index (χ2v) is 5.95. The minimum Gasteiger partial charge on any atom is -0.310 e. The van der Waals surface area contributed by atoms with Gasteiger partial charge in [0.2, 0.25) is 5.91 Å². The number of hydrogen-bond donors (Lipinski definition) is 1. The summed E-state index contributed by atoms with van der Waals surface area (Å²) in [5, 5.41) is 7.40. The zero-order valence-corrected chi connectivity index (χ0v) is 12.6. The molecular formula is C17H21N3O. The van der Waals surface area contributed by atoms with Crippen molar-refractivity contribution in [2.24, 2.45) is 5.92 Å². The monoisotopic (exact) mass is 283 g/mol. The van der Waals surface area contributed by atoms with Crippen LogP contribution in [0.3, 0.4) is 0 Å². The summed E-state index contributed by atoms with van der Waals surface area (Å²) in [4.78, 5) is 12.3. The molecule has 0 unspecified atom stereocenters. The van der Waals surface area contributed by atoms with E-state index < -0.39 is 0 Å². The Kier molecular flexibility index (Phi) is 3.78. The Bertz CT molecular complexity index is 656.